The molecule has 3 amide bonds. The Labute approximate surface area is 207 Å². The van der Waals surface area contributed by atoms with Gasteiger partial charge in [-0.1, -0.05) is 35.2 Å². The first-order valence-corrected chi connectivity index (χ1v) is 13.0. The summed E-state index contributed by atoms with van der Waals surface area (Å²) in [7, 11) is 0. The minimum absolute atomic E-state index is 0.0570. The van der Waals surface area contributed by atoms with Crippen molar-refractivity contribution in [3.05, 3.63) is 34.8 Å². The number of hydrogen-bond acceptors (Lipinski definition) is 10. The van der Waals surface area contributed by atoms with Gasteiger partial charge in [0.15, 0.2) is 4.34 Å². The number of aliphatic carboxylic acids is 1. The fraction of sp³-hybridized carbons (Fsp3) is 0.400. The SMILES string of the molecule is Cc1nnc(SCC2(C(=O)O)CS[C@@H]3C(NC(=O)C(N)c4cccc(NC=O)c4)C(=O)N3C2)s1. The highest BCUT2D eigenvalue weighted by Crippen LogP contribution is 2.44. The number of β-lactam (4-membered cyclic amide) rings is 1. The van der Waals surface area contributed by atoms with Crippen LogP contribution in [0.1, 0.15) is 16.6 Å². The lowest BCUT2D eigenvalue weighted by molar-refractivity contribution is -0.157. The van der Waals surface area contributed by atoms with Gasteiger partial charge in [-0.25, -0.2) is 0 Å². The van der Waals surface area contributed by atoms with E-state index in [0.29, 0.717) is 27.8 Å². The van der Waals surface area contributed by atoms with Crippen LogP contribution in [0.15, 0.2) is 28.6 Å². The fourth-order valence-electron chi connectivity index (χ4n) is 3.73. The van der Waals surface area contributed by atoms with E-state index in [4.69, 9.17) is 5.73 Å². The highest BCUT2D eigenvalue weighted by Gasteiger charge is 2.57. The van der Waals surface area contributed by atoms with Crippen molar-refractivity contribution in [1.82, 2.24) is 20.4 Å². The van der Waals surface area contributed by atoms with E-state index in [2.05, 4.69) is 20.8 Å². The summed E-state index contributed by atoms with van der Waals surface area (Å²) in [6, 6.07) is 4.75. The Morgan fingerprint density at radius 3 is 2.91 bits per heavy atom. The second-order valence-corrected chi connectivity index (χ2v) is 11.5. The van der Waals surface area contributed by atoms with Crippen LogP contribution in [0.4, 0.5) is 5.69 Å². The molecule has 3 unspecified atom stereocenters. The Bertz CT molecular complexity index is 1130. The van der Waals surface area contributed by atoms with Crippen molar-refractivity contribution in [2.24, 2.45) is 11.1 Å². The summed E-state index contributed by atoms with van der Waals surface area (Å²) < 4.78 is 0.687. The summed E-state index contributed by atoms with van der Waals surface area (Å²) in [6.45, 7) is 1.88. The van der Waals surface area contributed by atoms with Crippen LogP contribution in [-0.4, -0.2) is 73.9 Å². The number of nitrogens with two attached hydrogens (primary N) is 1. The van der Waals surface area contributed by atoms with Crippen molar-refractivity contribution in [3.8, 4) is 0 Å². The molecule has 2 aromatic rings. The zero-order valence-electron chi connectivity index (χ0n) is 18.0. The average Bonchev–Trinajstić information content (AvgIpc) is 3.25. The first-order valence-electron chi connectivity index (χ1n) is 10.2. The van der Waals surface area contributed by atoms with Gasteiger partial charge in [-0.2, -0.15) is 0 Å². The molecule has 0 saturated carbocycles. The third-order valence-electron chi connectivity index (χ3n) is 5.63. The first-order chi connectivity index (χ1) is 16.2. The first kappa shape index (κ1) is 24.4. The quantitative estimate of drug-likeness (QED) is 0.209. The second-order valence-electron chi connectivity index (χ2n) is 7.98. The molecule has 4 atom stereocenters. The summed E-state index contributed by atoms with van der Waals surface area (Å²) in [5.74, 6) is -1.29. The molecule has 3 heterocycles. The largest absolute Gasteiger partial charge is 0.481 e. The molecule has 180 valence electrons. The minimum atomic E-state index is -1.13. The van der Waals surface area contributed by atoms with Gasteiger partial charge < -0.3 is 26.4 Å². The molecule has 0 spiro atoms. The van der Waals surface area contributed by atoms with E-state index < -0.39 is 29.4 Å². The summed E-state index contributed by atoms with van der Waals surface area (Å²) in [4.78, 5) is 49.8. The van der Waals surface area contributed by atoms with Crippen LogP contribution in [0.25, 0.3) is 0 Å². The molecule has 14 heteroatoms. The maximum Gasteiger partial charge on any atom is 0.313 e. The maximum atomic E-state index is 12.8. The molecule has 2 saturated heterocycles. The van der Waals surface area contributed by atoms with Crippen molar-refractivity contribution < 1.29 is 24.3 Å². The van der Waals surface area contributed by atoms with E-state index in [0.717, 1.165) is 5.01 Å². The topological polar surface area (TPSA) is 168 Å². The molecule has 2 fully saturated rings. The van der Waals surface area contributed by atoms with Gasteiger partial charge in [-0.3, -0.25) is 19.2 Å². The van der Waals surface area contributed by atoms with Crippen molar-refractivity contribution >= 4 is 64.7 Å². The molecule has 4 rings (SSSR count). The van der Waals surface area contributed by atoms with Crippen LogP contribution in [0.2, 0.25) is 0 Å². The number of nitrogens with one attached hydrogen (secondary N) is 2. The number of benzene rings is 1. The summed E-state index contributed by atoms with van der Waals surface area (Å²) in [6.07, 6.45) is 0.525. The van der Waals surface area contributed by atoms with Crippen LogP contribution in [0.3, 0.4) is 0 Å². The standard InChI is InChI=1S/C20H22N6O5S3/c1-10-24-25-19(34-10)33-8-20(18(30)31)6-26-16(29)14(17(26)32-7-20)23-15(28)13(21)11-3-2-4-12(5-11)22-9-27/h2-5,9,13-14,17H,6-8,21H2,1H3,(H,22,27)(H,23,28)(H,30,31)/t13?,14?,17-,20?/m1/s1. The lowest BCUT2D eigenvalue weighted by Crippen LogP contribution is -2.74. The molecule has 1 aromatic carbocycles. The number of thioether (sulfide) groups is 2. The number of carboxylic acid groups (broad SMARTS) is 1. The predicted octanol–water partition coefficient (Wildman–Crippen LogP) is 0.678. The molecule has 34 heavy (non-hydrogen) atoms. The van der Waals surface area contributed by atoms with Crippen LogP contribution in [0.5, 0.6) is 0 Å². The number of aryl methyl sites for hydroxylation is 1. The molecule has 5 N–H and O–H groups in total. The predicted molar refractivity (Wildman–Crippen MR) is 128 cm³/mol. The number of rotatable bonds is 9. The molecular formula is C20H22N6O5S3. The minimum Gasteiger partial charge on any atom is -0.481 e. The maximum absolute atomic E-state index is 12.8. The van der Waals surface area contributed by atoms with Crippen LogP contribution >= 0.6 is 34.9 Å². The normalized spacial score (nSPS) is 24.5. The molecule has 0 bridgehead atoms. The van der Waals surface area contributed by atoms with Gasteiger partial charge in [0.25, 0.3) is 0 Å². The van der Waals surface area contributed by atoms with E-state index in [1.165, 1.54) is 39.8 Å². The summed E-state index contributed by atoms with van der Waals surface area (Å²) >= 11 is 4.05. The molecule has 2 aliphatic heterocycles. The van der Waals surface area contributed by atoms with Crippen molar-refractivity contribution in [3.63, 3.8) is 0 Å². The highest BCUT2D eigenvalue weighted by atomic mass is 32.2. The molecule has 11 nitrogen and oxygen atoms in total. The molecule has 0 aliphatic carbocycles. The Morgan fingerprint density at radius 2 is 2.24 bits per heavy atom. The number of carbonyl (C=O) groups excluding carboxylic acids is 3. The Hall–Kier alpha value is -2.68. The zero-order valence-corrected chi connectivity index (χ0v) is 20.4. The van der Waals surface area contributed by atoms with Gasteiger partial charge in [-0.05, 0) is 24.6 Å². The number of amides is 3. The van der Waals surface area contributed by atoms with E-state index in [1.54, 1.807) is 24.3 Å². The lowest BCUT2D eigenvalue weighted by atomic mass is 9.89. The number of fused-ring (bicyclic) bond motifs is 1. The Balaban J connectivity index is 1.38. The van der Waals surface area contributed by atoms with Gasteiger partial charge >= 0.3 is 5.97 Å². The van der Waals surface area contributed by atoms with Crippen LogP contribution in [0, 0.1) is 12.3 Å². The zero-order chi connectivity index (χ0) is 24.5. The summed E-state index contributed by atoms with van der Waals surface area (Å²) in [5.41, 5.74) is 5.93. The highest BCUT2D eigenvalue weighted by molar-refractivity contribution is 8.01. The molecular weight excluding hydrogens is 500 g/mol. The van der Waals surface area contributed by atoms with E-state index in [-0.39, 0.29) is 23.6 Å². The number of carbonyl (C=O) groups is 4. The van der Waals surface area contributed by atoms with Gasteiger partial charge in [0.1, 0.15) is 27.9 Å². The third-order valence-corrected chi connectivity index (χ3v) is 9.48. The molecule has 2 aliphatic rings. The number of carboxylic acids is 1. The van der Waals surface area contributed by atoms with E-state index in [1.807, 2.05) is 6.92 Å². The molecule has 1 aromatic heterocycles. The van der Waals surface area contributed by atoms with Crippen molar-refractivity contribution in [2.45, 2.75) is 28.7 Å². The van der Waals surface area contributed by atoms with Crippen LogP contribution < -0.4 is 16.4 Å². The fourth-order valence-corrected chi connectivity index (χ4v) is 7.40. The van der Waals surface area contributed by atoms with Crippen molar-refractivity contribution in [2.75, 3.05) is 23.4 Å². The summed E-state index contributed by atoms with van der Waals surface area (Å²) in [5, 5.41) is 23.6. The number of hydrogen-bond donors (Lipinski definition) is 4. The third kappa shape index (κ3) is 4.76. The van der Waals surface area contributed by atoms with Gasteiger partial charge in [0, 0.05) is 23.7 Å². The Kier molecular flexibility index (Phi) is 7.12. The lowest BCUT2D eigenvalue weighted by Gasteiger charge is -2.53. The molecule has 0 radical (unpaired) electrons. The van der Waals surface area contributed by atoms with Gasteiger partial charge in [0.2, 0.25) is 18.2 Å². The smallest absolute Gasteiger partial charge is 0.313 e. The second kappa shape index (κ2) is 9.90. The number of anilines is 1. The Morgan fingerprint density at radius 1 is 1.44 bits per heavy atom. The van der Waals surface area contributed by atoms with Crippen molar-refractivity contribution in [1.29, 1.82) is 0 Å². The van der Waals surface area contributed by atoms with E-state index in [9.17, 15) is 24.3 Å². The average molecular weight is 523 g/mol. The van der Waals surface area contributed by atoms with Crippen LogP contribution in [-0.2, 0) is 19.2 Å². The monoisotopic (exact) mass is 522 g/mol. The number of aromatic nitrogens is 2. The van der Waals surface area contributed by atoms with Gasteiger partial charge in [0.05, 0.1) is 0 Å². The van der Waals surface area contributed by atoms with Gasteiger partial charge in [-0.15, -0.1) is 22.0 Å². The number of nitrogens with zero attached hydrogens (tertiary/aromatic N) is 3. The van der Waals surface area contributed by atoms with E-state index >= 15 is 0 Å².